The van der Waals surface area contributed by atoms with Gasteiger partial charge in [-0.05, 0) is 54.7 Å². The molecule has 136 valence electrons. The van der Waals surface area contributed by atoms with E-state index in [-0.39, 0.29) is 12.3 Å². The molecule has 0 radical (unpaired) electrons. The standard InChI is InChI=1S/C20H19F2NO3/c21-14-5-1-3-12(9-14)10-18(13-4-2-6-15(22)11-13)23-19(24)16-7-8-17(16)20(25)26/h1-6,9,11,16-18H,7-8,10H2,(H,23,24)(H,25,26). The fourth-order valence-corrected chi connectivity index (χ4v) is 3.26. The summed E-state index contributed by atoms with van der Waals surface area (Å²) in [5, 5.41) is 12.0. The number of carbonyl (C=O) groups excluding carboxylic acids is 1. The van der Waals surface area contributed by atoms with Gasteiger partial charge in [0.25, 0.3) is 0 Å². The lowest BCUT2D eigenvalue weighted by atomic mass is 9.73. The third-order valence-corrected chi connectivity index (χ3v) is 4.82. The Balaban J connectivity index is 1.81. The second kappa shape index (κ2) is 7.64. The summed E-state index contributed by atoms with van der Waals surface area (Å²) < 4.78 is 27.1. The summed E-state index contributed by atoms with van der Waals surface area (Å²) in [6.45, 7) is 0. The molecule has 0 aliphatic heterocycles. The van der Waals surface area contributed by atoms with Crippen LogP contribution in [0.25, 0.3) is 0 Å². The van der Waals surface area contributed by atoms with Crippen molar-refractivity contribution in [3.05, 3.63) is 71.3 Å². The van der Waals surface area contributed by atoms with Gasteiger partial charge in [0, 0.05) is 0 Å². The van der Waals surface area contributed by atoms with Gasteiger partial charge >= 0.3 is 5.97 Å². The molecule has 1 fully saturated rings. The van der Waals surface area contributed by atoms with Gasteiger partial charge < -0.3 is 10.4 Å². The summed E-state index contributed by atoms with van der Waals surface area (Å²) in [5.74, 6) is -3.45. The second-order valence-electron chi connectivity index (χ2n) is 6.58. The highest BCUT2D eigenvalue weighted by Gasteiger charge is 2.41. The molecule has 0 bridgehead atoms. The molecule has 6 heteroatoms. The number of carbonyl (C=O) groups is 2. The molecular formula is C20H19F2NO3. The molecule has 2 aromatic carbocycles. The van der Waals surface area contributed by atoms with Crippen LogP contribution in [0.3, 0.4) is 0 Å². The summed E-state index contributed by atoms with van der Waals surface area (Å²) in [6.07, 6.45) is 1.26. The Hall–Kier alpha value is -2.76. The van der Waals surface area contributed by atoms with Crippen LogP contribution < -0.4 is 5.32 Å². The van der Waals surface area contributed by atoms with Crippen LogP contribution in [0.15, 0.2) is 48.5 Å². The first-order valence-electron chi connectivity index (χ1n) is 8.47. The zero-order valence-electron chi connectivity index (χ0n) is 14.0. The van der Waals surface area contributed by atoms with Gasteiger partial charge in [-0.3, -0.25) is 9.59 Å². The topological polar surface area (TPSA) is 66.4 Å². The lowest BCUT2D eigenvalue weighted by Crippen LogP contribution is -2.45. The lowest BCUT2D eigenvalue weighted by molar-refractivity contribution is -0.153. The number of carboxylic acids is 1. The molecule has 3 unspecified atom stereocenters. The Morgan fingerprint density at radius 3 is 2.27 bits per heavy atom. The molecule has 0 aromatic heterocycles. The predicted octanol–water partition coefficient (Wildman–Crippen LogP) is 3.48. The van der Waals surface area contributed by atoms with E-state index >= 15 is 0 Å². The number of aliphatic carboxylic acids is 1. The molecule has 0 heterocycles. The van der Waals surface area contributed by atoms with Crippen molar-refractivity contribution in [1.82, 2.24) is 5.32 Å². The van der Waals surface area contributed by atoms with Gasteiger partial charge in [-0.15, -0.1) is 0 Å². The molecule has 1 amide bonds. The largest absolute Gasteiger partial charge is 0.481 e. The fraction of sp³-hybridized carbons (Fsp3) is 0.300. The number of hydrogen-bond donors (Lipinski definition) is 2. The zero-order valence-corrected chi connectivity index (χ0v) is 14.0. The zero-order chi connectivity index (χ0) is 18.7. The third-order valence-electron chi connectivity index (χ3n) is 4.82. The van der Waals surface area contributed by atoms with Gasteiger partial charge in [0.05, 0.1) is 17.9 Å². The van der Waals surface area contributed by atoms with E-state index in [2.05, 4.69) is 5.32 Å². The molecular weight excluding hydrogens is 340 g/mol. The molecule has 1 aliphatic carbocycles. The Morgan fingerprint density at radius 1 is 1.04 bits per heavy atom. The van der Waals surface area contributed by atoms with Crippen LogP contribution in [0.2, 0.25) is 0 Å². The van der Waals surface area contributed by atoms with E-state index in [0.29, 0.717) is 24.0 Å². The number of benzene rings is 2. The monoisotopic (exact) mass is 359 g/mol. The molecule has 3 rings (SSSR count). The first kappa shape index (κ1) is 18.0. The number of halogens is 2. The molecule has 1 saturated carbocycles. The quantitative estimate of drug-likeness (QED) is 0.830. The maximum Gasteiger partial charge on any atom is 0.307 e. The third kappa shape index (κ3) is 4.07. The maximum atomic E-state index is 13.6. The minimum atomic E-state index is -0.983. The summed E-state index contributed by atoms with van der Waals surface area (Å²) in [4.78, 5) is 23.7. The summed E-state index contributed by atoms with van der Waals surface area (Å²) >= 11 is 0. The van der Waals surface area contributed by atoms with Crippen LogP contribution in [0.4, 0.5) is 8.78 Å². The number of carboxylic acid groups (broad SMARTS) is 1. The SMILES string of the molecule is O=C(O)C1CCC1C(=O)NC(Cc1cccc(F)c1)c1cccc(F)c1. The molecule has 0 spiro atoms. The van der Waals surface area contributed by atoms with Crippen LogP contribution in [-0.4, -0.2) is 17.0 Å². The number of rotatable bonds is 6. The average molecular weight is 359 g/mol. The highest BCUT2D eigenvalue weighted by Crippen LogP contribution is 2.35. The Bertz CT molecular complexity index is 824. The molecule has 2 N–H and O–H groups in total. The highest BCUT2D eigenvalue weighted by molar-refractivity contribution is 5.86. The smallest absolute Gasteiger partial charge is 0.307 e. The molecule has 26 heavy (non-hydrogen) atoms. The van der Waals surface area contributed by atoms with Crippen LogP contribution in [0.5, 0.6) is 0 Å². The predicted molar refractivity (Wildman–Crippen MR) is 91.2 cm³/mol. The van der Waals surface area contributed by atoms with Crippen molar-refractivity contribution in [3.63, 3.8) is 0 Å². The number of hydrogen-bond acceptors (Lipinski definition) is 2. The van der Waals surface area contributed by atoms with E-state index < -0.39 is 35.5 Å². The Morgan fingerprint density at radius 2 is 1.69 bits per heavy atom. The summed E-state index contributed by atoms with van der Waals surface area (Å²) in [5.41, 5.74) is 1.21. The number of amides is 1. The minimum absolute atomic E-state index is 0.275. The average Bonchev–Trinajstić information content (AvgIpc) is 2.52. The van der Waals surface area contributed by atoms with Crippen LogP contribution in [0, 0.1) is 23.5 Å². The first-order valence-corrected chi connectivity index (χ1v) is 8.47. The molecule has 1 aliphatic rings. The van der Waals surface area contributed by atoms with Gasteiger partial charge in [-0.25, -0.2) is 8.78 Å². The van der Waals surface area contributed by atoms with Crippen LogP contribution >= 0.6 is 0 Å². The molecule has 3 atom stereocenters. The van der Waals surface area contributed by atoms with E-state index in [0.717, 1.165) is 0 Å². The van der Waals surface area contributed by atoms with Crippen LogP contribution in [-0.2, 0) is 16.0 Å². The van der Waals surface area contributed by atoms with Gasteiger partial charge in [-0.1, -0.05) is 24.3 Å². The van der Waals surface area contributed by atoms with Crippen molar-refractivity contribution in [2.24, 2.45) is 11.8 Å². The van der Waals surface area contributed by atoms with Gasteiger partial charge in [0.1, 0.15) is 11.6 Å². The maximum absolute atomic E-state index is 13.6. The van der Waals surface area contributed by atoms with Crippen LogP contribution in [0.1, 0.15) is 30.0 Å². The van der Waals surface area contributed by atoms with Gasteiger partial charge in [0.2, 0.25) is 5.91 Å². The fourth-order valence-electron chi connectivity index (χ4n) is 3.26. The highest BCUT2D eigenvalue weighted by atomic mass is 19.1. The van der Waals surface area contributed by atoms with Crippen molar-refractivity contribution in [2.45, 2.75) is 25.3 Å². The van der Waals surface area contributed by atoms with Crippen molar-refractivity contribution < 1.29 is 23.5 Å². The van der Waals surface area contributed by atoms with E-state index in [1.807, 2.05) is 0 Å². The molecule has 4 nitrogen and oxygen atoms in total. The lowest BCUT2D eigenvalue weighted by Gasteiger charge is -2.33. The van der Waals surface area contributed by atoms with E-state index in [1.54, 1.807) is 24.3 Å². The van der Waals surface area contributed by atoms with E-state index in [4.69, 9.17) is 5.11 Å². The summed E-state index contributed by atoms with van der Waals surface area (Å²) in [7, 11) is 0. The van der Waals surface area contributed by atoms with E-state index in [9.17, 15) is 18.4 Å². The Labute approximate surface area is 149 Å². The van der Waals surface area contributed by atoms with Crippen molar-refractivity contribution >= 4 is 11.9 Å². The van der Waals surface area contributed by atoms with Crippen molar-refractivity contribution in [3.8, 4) is 0 Å². The van der Waals surface area contributed by atoms with Crippen molar-refractivity contribution in [1.29, 1.82) is 0 Å². The molecule has 0 saturated heterocycles. The Kier molecular flexibility index (Phi) is 5.30. The molecule has 2 aromatic rings. The normalized spacial score (nSPS) is 20.1. The summed E-state index contributed by atoms with van der Waals surface area (Å²) in [6, 6.07) is 11.3. The number of nitrogens with one attached hydrogen (secondary N) is 1. The minimum Gasteiger partial charge on any atom is -0.481 e. The van der Waals surface area contributed by atoms with Crippen molar-refractivity contribution in [2.75, 3.05) is 0 Å². The van der Waals surface area contributed by atoms with Gasteiger partial charge in [0.15, 0.2) is 0 Å². The second-order valence-corrected chi connectivity index (χ2v) is 6.58. The first-order chi connectivity index (χ1) is 12.4. The van der Waals surface area contributed by atoms with E-state index in [1.165, 1.54) is 24.3 Å². The van der Waals surface area contributed by atoms with Gasteiger partial charge in [-0.2, -0.15) is 0 Å².